The Morgan fingerprint density at radius 1 is 1.44 bits per heavy atom. The van der Waals surface area contributed by atoms with E-state index in [1.54, 1.807) is 38.1 Å². The van der Waals surface area contributed by atoms with Crippen molar-refractivity contribution in [2.45, 2.75) is 13.8 Å². The molecule has 0 aliphatic rings. The van der Waals surface area contributed by atoms with Crippen LogP contribution in [0, 0.1) is 0 Å². The number of hydrogen-bond acceptors (Lipinski definition) is 4. The fourth-order valence-electron chi connectivity index (χ4n) is 0.868. The maximum atomic E-state index is 11.1. The smallest absolute Gasteiger partial charge is 0.372 e. The van der Waals surface area contributed by atoms with Crippen molar-refractivity contribution < 1.29 is 14.4 Å². The highest BCUT2D eigenvalue weighted by molar-refractivity contribution is 6.30. The molecule has 0 unspecified atom stereocenters. The summed E-state index contributed by atoms with van der Waals surface area (Å²) in [5.74, 6) is -0.0391. The largest absolute Gasteiger partial charge is 0.482 e. The van der Waals surface area contributed by atoms with Crippen LogP contribution in [-0.4, -0.2) is 18.3 Å². The van der Waals surface area contributed by atoms with Crippen molar-refractivity contribution in [3.8, 4) is 5.75 Å². The minimum Gasteiger partial charge on any atom is -0.482 e. The van der Waals surface area contributed by atoms with Crippen LogP contribution >= 0.6 is 11.6 Å². The van der Waals surface area contributed by atoms with Gasteiger partial charge in [0.2, 0.25) is 0 Å². The van der Waals surface area contributed by atoms with Gasteiger partial charge in [0, 0.05) is 5.02 Å². The van der Waals surface area contributed by atoms with Gasteiger partial charge in [-0.15, -0.1) is 0 Å². The lowest BCUT2D eigenvalue weighted by Crippen LogP contribution is -2.12. The normalized spacial score (nSPS) is 9.44. The first-order chi connectivity index (χ1) is 7.58. The standard InChI is InChI=1S/C11H12ClNO3/c1-8(2)13-16-11(14)7-15-10-5-3-4-9(12)6-10/h3-6H,7H2,1-2H3. The molecule has 0 bridgehead atoms. The Kier molecular flexibility index (Phi) is 4.79. The summed E-state index contributed by atoms with van der Waals surface area (Å²) in [7, 11) is 0. The maximum Gasteiger partial charge on any atom is 0.372 e. The predicted molar refractivity (Wildman–Crippen MR) is 61.8 cm³/mol. The third-order valence-corrected chi connectivity index (χ3v) is 1.72. The van der Waals surface area contributed by atoms with E-state index in [1.807, 2.05) is 0 Å². The van der Waals surface area contributed by atoms with Crippen molar-refractivity contribution in [1.29, 1.82) is 0 Å². The van der Waals surface area contributed by atoms with Crippen LogP contribution < -0.4 is 4.74 Å². The van der Waals surface area contributed by atoms with Crippen LogP contribution in [0.25, 0.3) is 0 Å². The first-order valence-electron chi connectivity index (χ1n) is 4.67. The number of benzene rings is 1. The molecule has 0 N–H and O–H groups in total. The fraction of sp³-hybridized carbons (Fsp3) is 0.273. The topological polar surface area (TPSA) is 47.9 Å². The highest BCUT2D eigenvalue weighted by atomic mass is 35.5. The lowest BCUT2D eigenvalue weighted by molar-refractivity contribution is -0.146. The molecule has 0 aromatic heterocycles. The lowest BCUT2D eigenvalue weighted by atomic mass is 10.3. The van der Waals surface area contributed by atoms with Gasteiger partial charge in [-0.3, -0.25) is 0 Å². The maximum absolute atomic E-state index is 11.1. The molecule has 0 aliphatic heterocycles. The zero-order valence-electron chi connectivity index (χ0n) is 9.07. The Morgan fingerprint density at radius 3 is 2.81 bits per heavy atom. The average molecular weight is 242 g/mol. The quantitative estimate of drug-likeness (QED) is 0.463. The SMILES string of the molecule is CC(C)=NOC(=O)COc1cccc(Cl)c1. The molecule has 0 saturated heterocycles. The van der Waals surface area contributed by atoms with Gasteiger partial charge >= 0.3 is 5.97 Å². The van der Waals surface area contributed by atoms with Gasteiger partial charge in [-0.25, -0.2) is 4.79 Å². The molecule has 0 heterocycles. The van der Waals surface area contributed by atoms with Crippen molar-refractivity contribution in [2.75, 3.05) is 6.61 Å². The van der Waals surface area contributed by atoms with Crippen LogP contribution in [0.4, 0.5) is 0 Å². The molecule has 4 nitrogen and oxygen atoms in total. The first kappa shape index (κ1) is 12.5. The third kappa shape index (κ3) is 4.79. The molecule has 1 aromatic rings. The first-order valence-corrected chi connectivity index (χ1v) is 5.05. The minimum absolute atomic E-state index is 0.197. The van der Waals surface area contributed by atoms with E-state index in [4.69, 9.17) is 16.3 Å². The average Bonchev–Trinajstić information content (AvgIpc) is 2.23. The Bertz CT molecular complexity index is 400. The number of oxime groups is 1. The van der Waals surface area contributed by atoms with Crippen molar-refractivity contribution in [3.05, 3.63) is 29.3 Å². The zero-order valence-corrected chi connectivity index (χ0v) is 9.82. The number of halogens is 1. The molecular weight excluding hydrogens is 230 g/mol. The number of carbonyl (C=O) groups excluding carboxylic acids is 1. The summed E-state index contributed by atoms with van der Waals surface area (Å²) in [5.41, 5.74) is 0.663. The number of carbonyl (C=O) groups is 1. The summed E-state index contributed by atoms with van der Waals surface area (Å²) in [6.07, 6.45) is 0. The molecule has 16 heavy (non-hydrogen) atoms. The van der Waals surface area contributed by atoms with Crippen LogP contribution in [0.5, 0.6) is 5.75 Å². The van der Waals surface area contributed by atoms with Gasteiger partial charge < -0.3 is 9.57 Å². The second-order valence-electron chi connectivity index (χ2n) is 3.25. The second-order valence-corrected chi connectivity index (χ2v) is 3.68. The molecule has 0 fully saturated rings. The van der Waals surface area contributed by atoms with E-state index in [-0.39, 0.29) is 6.61 Å². The van der Waals surface area contributed by atoms with Crippen LogP contribution in [0.15, 0.2) is 29.4 Å². The van der Waals surface area contributed by atoms with Gasteiger partial charge in [-0.2, -0.15) is 0 Å². The summed E-state index contributed by atoms with van der Waals surface area (Å²) < 4.78 is 5.15. The number of ether oxygens (including phenoxy) is 1. The summed E-state index contributed by atoms with van der Waals surface area (Å²) in [6.45, 7) is 3.26. The van der Waals surface area contributed by atoms with Gasteiger partial charge in [0.05, 0.1) is 5.71 Å². The molecule has 1 aromatic carbocycles. The van der Waals surface area contributed by atoms with E-state index in [9.17, 15) is 4.79 Å². The van der Waals surface area contributed by atoms with Crippen molar-refractivity contribution in [3.63, 3.8) is 0 Å². The Labute approximate surface area is 98.8 Å². The van der Waals surface area contributed by atoms with E-state index in [0.717, 1.165) is 0 Å². The molecule has 1 rings (SSSR count). The van der Waals surface area contributed by atoms with E-state index >= 15 is 0 Å². The van der Waals surface area contributed by atoms with Crippen LogP contribution in [0.1, 0.15) is 13.8 Å². The van der Waals surface area contributed by atoms with Crippen LogP contribution in [0.3, 0.4) is 0 Å². The number of nitrogens with zero attached hydrogens (tertiary/aromatic N) is 1. The summed E-state index contributed by atoms with van der Waals surface area (Å²) in [5, 5.41) is 4.06. The van der Waals surface area contributed by atoms with Crippen molar-refractivity contribution in [2.24, 2.45) is 5.16 Å². The lowest BCUT2D eigenvalue weighted by Gasteiger charge is -2.03. The molecule has 86 valence electrons. The Balaban J connectivity index is 2.40. The Hall–Kier alpha value is -1.55. The minimum atomic E-state index is -0.554. The van der Waals surface area contributed by atoms with Crippen LogP contribution in [-0.2, 0) is 9.63 Å². The van der Waals surface area contributed by atoms with Gasteiger partial charge in [-0.1, -0.05) is 22.8 Å². The van der Waals surface area contributed by atoms with Crippen molar-refractivity contribution in [1.82, 2.24) is 0 Å². The van der Waals surface area contributed by atoms with E-state index < -0.39 is 5.97 Å². The molecule has 0 radical (unpaired) electrons. The molecule has 0 spiro atoms. The number of rotatable bonds is 4. The van der Waals surface area contributed by atoms with E-state index in [2.05, 4.69) is 9.99 Å². The van der Waals surface area contributed by atoms with E-state index in [0.29, 0.717) is 16.5 Å². The predicted octanol–water partition coefficient (Wildman–Crippen LogP) is 2.66. The summed E-state index contributed by atoms with van der Waals surface area (Å²) in [6, 6.07) is 6.77. The molecule has 5 heteroatoms. The molecule has 0 atom stereocenters. The monoisotopic (exact) mass is 241 g/mol. The van der Waals surface area contributed by atoms with E-state index in [1.165, 1.54) is 0 Å². The van der Waals surface area contributed by atoms with Gasteiger partial charge in [0.15, 0.2) is 6.61 Å². The zero-order chi connectivity index (χ0) is 12.0. The summed E-state index contributed by atoms with van der Waals surface area (Å²) in [4.78, 5) is 15.7. The summed E-state index contributed by atoms with van der Waals surface area (Å²) >= 11 is 5.74. The highest BCUT2D eigenvalue weighted by Crippen LogP contribution is 2.16. The van der Waals surface area contributed by atoms with Crippen LogP contribution in [0.2, 0.25) is 5.02 Å². The fourth-order valence-corrected chi connectivity index (χ4v) is 1.05. The Morgan fingerprint density at radius 2 is 2.19 bits per heavy atom. The molecular formula is C11H12ClNO3. The third-order valence-electron chi connectivity index (χ3n) is 1.48. The van der Waals surface area contributed by atoms with Gasteiger partial charge in [0.1, 0.15) is 5.75 Å². The highest BCUT2D eigenvalue weighted by Gasteiger charge is 2.04. The molecule has 0 saturated carbocycles. The van der Waals surface area contributed by atoms with Gasteiger partial charge in [-0.05, 0) is 32.0 Å². The molecule has 0 amide bonds. The van der Waals surface area contributed by atoms with Crippen molar-refractivity contribution >= 4 is 23.3 Å². The number of hydrogen-bond donors (Lipinski definition) is 0. The second kappa shape index (κ2) is 6.12. The molecule has 0 aliphatic carbocycles. The van der Waals surface area contributed by atoms with Gasteiger partial charge in [0.25, 0.3) is 0 Å².